The molecule has 1 aliphatic carbocycles. The molecule has 0 aliphatic heterocycles. The van der Waals surface area contributed by atoms with E-state index >= 15 is 0 Å². The Morgan fingerprint density at radius 2 is 2.19 bits per heavy atom. The Kier molecular flexibility index (Phi) is 4.32. The number of rotatable bonds is 6. The summed E-state index contributed by atoms with van der Waals surface area (Å²) in [5, 5.41) is 8.85. The summed E-state index contributed by atoms with van der Waals surface area (Å²) in [6, 6.07) is 6.97. The lowest BCUT2D eigenvalue weighted by atomic mass is 10.0. The minimum absolute atomic E-state index is 0.693. The molecular weight excluding hydrogens is 282 g/mol. The van der Waals surface area contributed by atoms with Crippen LogP contribution in [0.2, 0.25) is 5.02 Å². The van der Waals surface area contributed by atoms with Gasteiger partial charge in [0.2, 0.25) is 0 Å². The van der Waals surface area contributed by atoms with Gasteiger partial charge in [-0.25, -0.2) is 0 Å². The van der Waals surface area contributed by atoms with Gasteiger partial charge in [0.25, 0.3) is 0 Å². The van der Waals surface area contributed by atoms with E-state index in [1.807, 2.05) is 12.3 Å². The Morgan fingerprint density at radius 1 is 1.38 bits per heavy atom. The first kappa shape index (κ1) is 14.6. The normalized spacial score (nSPS) is 14.6. The fraction of sp³-hybridized carbons (Fsp3) is 0.471. The van der Waals surface area contributed by atoms with Crippen molar-refractivity contribution in [3.8, 4) is 11.1 Å². The van der Waals surface area contributed by atoms with Crippen LogP contribution in [0.1, 0.15) is 37.4 Å². The van der Waals surface area contributed by atoms with Crippen molar-refractivity contribution < 1.29 is 0 Å². The Morgan fingerprint density at radius 3 is 2.90 bits per heavy atom. The summed E-state index contributed by atoms with van der Waals surface area (Å²) >= 11 is 6.32. The number of hydrogen-bond acceptors (Lipinski definition) is 2. The van der Waals surface area contributed by atoms with Crippen LogP contribution in [0.5, 0.6) is 0 Å². The first-order valence-corrected chi connectivity index (χ1v) is 8.11. The van der Waals surface area contributed by atoms with Crippen LogP contribution in [0.25, 0.3) is 11.1 Å². The van der Waals surface area contributed by atoms with Crippen LogP contribution in [0.15, 0.2) is 24.4 Å². The van der Waals surface area contributed by atoms with Gasteiger partial charge in [0.05, 0.1) is 6.20 Å². The first-order chi connectivity index (χ1) is 10.2. The maximum absolute atomic E-state index is 6.32. The average Bonchev–Trinajstić information content (AvgIpc) is 3.24. The highest BCUT2D eigenvalue weighted by Crippen LogP contribution is 2.28. The van der Waals surface area contributed by atoms with Crippen LogP contribution in [0, 0.1) is 6.92 Å². The van der Waals surface area contributed by atoms with Crippen LogP contribution in [-0.2, 0) is 13.1 Å². The zero-order valence-corrected chi connectivity index (χ0v) is 13.5. The number of halogens is 1. The van der Waals surface area contributed by atoms with Gasteiger partial charge in [0.15, 0.2) is 0 Å². The van der Waals surface area contributed by atoms with Crippen molar-refractivity contribution in [1.29, 1.82) is 0 Å². The smallest absolute Gasteiger partial charge is 0.0571 e. The van der Waals surface area contributed by atoms with Crippen molar-refractivity contribution in [2.45, 2.75) is 52.2 Å². The van der Waals surface area contributed by atoms with Gasteiger partial charge in [-0.15, -0.1) is 0 Å². The SMILES string of the molecule is CCCn1ncc(-c2ccc(Cl)c(CNC3CC3)c2)c1C. The van der Waals surface area contributed by atoms with Gasteiger partial charge in [-0.1, -0.05) is 24.6 Å². The van der Waals surface area contributed by atoms with Crippen molar-refractivity contribution in [3.63, 3.8) is 0 Å². The average molecular weight is 304 g/mol. The van der Waals surface area contributed by atoms with Gasteiger partial charge in [-0.2, -0.15) is 5.10 Å². The fourth-order valence-corrected chi connectivity index (χ4v) is 2.77. The molecule has 0 spiro atoms. The number of nitrogens with one attached hydrogen (secondary N) is 1. The van der Waals surface area contributed by atoms with E-state index in [-0.39, 0.29) is 0 Å². The lowest BCUT2D eigenvalue weighted by molar-refractivity contribution is 0.587. The first-order valence-electron chi connectivity index (χ1n) is 7.73. The summed E-state index contributed by atoms with van der Waals surface area (Å²) in [4.78, 5) is 0. The van der Waals surface area contributed by atoms with Gasteiger partial charge >= 0.3 is 0 Å². The molecular formula is C17H22ClN3. The molecule has 1 heterocycles. The molecule has 112 valence electrons. The molecule has 21 heavy (non-hydrogen) atoms. The van der Waals surface area contributed by atoms with Gasteiger partial charge in [0.1, 0.15) is 0 Å². The third-order valence-corrected chi connectivity index (χ3v) is 4.42. The van der Waals surface area contributed by atoms with E-state index in [1.165, 1.54) is 35.2 Å². The van der Waals surface area contributed by atoms with Crippen LogP contribution < -0.4 is 5.32 Å². The van der Waals surface area contributed by atoms with Gasteiger partial charge in [0, 0.05) is 35.4 Å². The zero-order chi connectivity index (χ0) is 14.8. The van der Waals surface area contributed by atoms with Crippen LogP contribution in [0.3, 0.4) is 0 Å². The second-order valence-corrected chi connectivity index (χ2v) is 6.24. The van der Waals surface area contributed by atoms with Crippen LogP contribution in [-0.4, -0.2) is 15.8 Å². The van der Waals surface area contributed by atoms with Crippen molar-refractivity contribution in [2.24, 2.45) is 0 Å². The number of aromatic nitrogens is 2. The second-order valence-electron chi connectivity index (χ2n) is 5.83. The molecule has 1 N–H and O–H groups in total. The Bertz CT molecular complexity index is 629. The number of hydrogen-bond donors (Lipinski definition) is 1. The summed E-state index contributed by atoms with van der Waals surface area (Å²) in [6.45, 7) is 6.12. The summed E-state index contributed by atoms with van der Waals surface area (Å²) in [7, 11) is 0. The zero-order valence-electron chi connectivity index (χ0n) is 12.7. The Balaban J connectivity index is 1.85. The summed E-state index contributed by atoms with van der Waals surface area (Å²) in [5.74, 6) is 0. The molecule has 0 amide bonds. The molecule has 1 aromatic carbocycles. The molecule has 3 nitrogen and oxygen atoms in total. The molecule has 1 saturated carbocycles. The van der Waals surface area contributed by atoms with Crippen molar-refractivity contribution >= 4 is 11.6 Å². The van der Waals surface area contributed by atoms with E-state index < -0.39 is 0 Å². The second kappa shape index (κ2) is 6.20. The number of benzene rings is 1. The summed E-state index contributed by atoms with van der Waals surface area (Å²) < 4.78 is 2.08. The topological polar surface area (TPSA) is 29.9 Å². The molecule has 0 atom stereocenters. The molecule has 1 fully saturated rings. The minimum Gasteiger partial charge on any atom is -0.310 e. The quantitative estimate of drug-likeness (QED) is 0.868. The number of aryl methyl sites for hydroxylation is 1. The van der Waals surface area contributed by atoms with E-state index in [0.717, 1.165) is 24.5 Å². The van der Waals surface area contributed by atoms with E-state index in [0.29, 0.717) is 6.04 Å². The van der Waals surface area contributed by atoms with Crippen molar-refractivity contribution in [2.75, 3.05) is 0 Å². The largest absolute Gasteiger partial charge is 0.310 e. The lowest BCUT2D eigenvalue weighted by Gasteiger charge is -2.09. The van der Waals surface area contributed by atoms with Gasteiger partial charge in [-0.3, -0.25) is 4.68 Å². The predicted molar refractivity (Wildman–Crippen MR) is 87.6 cm³/mol. The van der Waals surface area contributed by atoms with Crippen molar-refractivity contribution in [3.05, 3.63) is 40.7 Å². The van der Waals surface area contributed by atoms with Gasteiger partial charge in [-0.05, 0) is 49.4 Å². The maximum Gasteiger partial charge on any atom is 0.0571 e. The van der Waals surface area contributed by atoms with Crippen LogP contribution >= 0.6 is 11.6 Å². The van der Waals surface area contributed by atoms with E-state index in [1.54, 1.807) is 0 Å². The highest BCUT2D eigenvalue weighted by atomic mass is 35.5. The van der Waals surface area contributed by atoms with Gasteiger partial charge < -0.3 is 5.32 Å². The maximum atomic E-state index is 6.32. The summed E-state index contributed by atoms with van der Waals surface area (Å²) in [5.41, 5.74) is 4.80. The lowest BCUT2D eigenvalue weighted by Crippen LogP contribution is -2.15. The number of nitrogens with zero attached hydrogens (tertiary/aromatic N) is 2. The molecule has 0 bridgehead atoms. The molecule has 3 rings (SSSR count). The Labute approximate surface area is 131 Å². The molecule has 0 radical (unpaired) electrons. The van der Waals surface area contributed by atoms with Crippen molar-refractivity contribution in [1.82, 2.24) is 15.1 Å². The molecule has 2 aromatic rings. The third kappa shape index (κ3) is 3.30. The summed E-state index contributed by atoms with van der Waals surface area (Å²) in [6.07, 6.45) is 5.64. The van der Waals surface area contributed by atoms with Crippen LogP contribution in [0.4, 0.5) is 0 Å². The van der Waals surface area contributed by atoms with E-state index in [4.69, 9.17) is 11.6 Å². The monoisotopic (exact) mass is 303 g/mol. The molecule has 0 saturated heterocycles. The van der Waals surface area contributed by atoms with E-state index in [2.05, 4.69) is 41.1 Å². The Hall–Kier alpha value is -1.32. The predicted octanol–water partition coefficient (Wildman–Crippen LogP) is 4.17. The molecule has 0 unspecified atom stereocenters. The standard InChI is InChI=1S/C17H22ClN3/c1-3-8-21-12(2)16(11-20-21)13-4-7-17(18)14(9-13)10-19-15-5-6-15/h4,7,9,11,15,19H,3,5-6,8,10H2,1-2H3. The molecule has 4 heteroatoms. The fourth-order valence-electron chi connectivity index (χ4n) is 2.59. The highest BCUT2D eigenvalue weighted by Gasteiger charge is 2.20. The molecule has 1 aliphatic rings. The highest BCUT2D eigenvalue weighted by molar-refractivity contribution is 6.31. The van der Waals surface area contributed by atoms with E-state index in [9.17, 15) is 0 Å². The molecule has 1 aromatic heterocycles. The third-order valence-electron chi connectivity index (χ3n) is 4.05. The minimum atomic E-state index is 0.693.